The molecule has 0 spiro atoms. The highest BCUT2D eigenvalue weighted by atomic mass is 16.5. The zero-order valence-corrected chi connectivity index (χ0v) is 13.1. The molecule has 5 heteroatoms. The third-order valence-electron chi connectivity index (χ3n) is 3.65. The van der Waals surface area contributed by atoms with Gasteiger partial charge in [0.05, 0.1) is 19.8 Å². The molecule has 0 bridgehead atoms. The second kappa shape index (κ2) is 7.31. The van der Waals surface area contributed by atoms with Crippen molar-refractivity contribution in [3.63, 3.8) is 0 Å². The summed E-state index contributed by atoms with van der Waals surface area (Å²) >= 11 is 0. The molecule has 0 aromatic heterocycles. The van der Waals surface area contributed by atoms with Crippen LogP contribution in [-0.2, 0) is 0 Å². The summed E-state index contributed by atoms with van der Waals surface area (Å²) in [6.45, 7) is 3.43. The molecule has 2 N–H and O–H groups in total. The molecule has 1 atom stereocenters. The van der Waals surface area contributed by atoms with Crippen LogP contribution in [0.4, 0.5) is 0 Å². The van der Waals surface area contributed by atoms with Crippen molar-refractivity contribution < 1.29 is 9.47 Å². The number of nitrogens with two attached hydrogens (primary N) is 1. The number of benzene rings is 1. The minimum atomic E-state index is 0.251. The van der Waals surface area contributed by atoms with E-state index in [1.54, 1.807) is 7.11 Å². The van der Waals surface area contributed by atoms with E-state index in [2.05, 4.69) is 18.1 Å². The van der Waals surface area contributed by atoms with Gasteiger partial charge in [0.15, 0.2) is 11.5 Å². The van der Waals surface area contributed by atoms with Crippen LogP contribution >= 0.6 is 0 Å². The SMILES string of the molecule is CCCOc1ccc(C2CC(CCN)=NN2C)cc1OC. The molecule has 0 saturated heterocycles. The summed E-state index contributed by atoms with van der Waals surface area (Å²) in [4.78, 5) is 0. The molecule has 1 heterocycles. The molecule has 21 heavy (non-hydrogen) atoms. The van der Waals surface area contributed by atoms with Crippen molar-refractivity contribution in [3.8, 4) is 11.5 Å². The lowest BCUT2D eigenvalue weighted by Gasteiger charge is -2.20. The van der Waals surface area contributed by atoms with Crippen molar-refractivity contribution in [2.45, 2.75) is 32.2 Å². The molecule has 1 aliphatic heterocycles. The Labute approximate surface area is 126 Å². The molecule has 0 aliphatic carbocycles. The lowest BCUT2D eigenvalue weighted by Crippen LogP contribution is -2.14. The number of ether oxygens (including phenoxy) is 2. The average Bonchev–Trinajstić information content (AvgIpc) is 2.86. The first-order valence-electron chi connectivity index (χ1n) is 7.49. The van der Waals surface area contributed by atoms with Gasteiger partial charge in [-0.3, -0.25) is 5.01 Å². The lowest BCUT2D eigenvalue weighted by atomic mass is 10.0. The van der Waals surface area contributed by atoms with Crippen molar-refractivity contribution in [2.75, 3.05) is 27.3 Å². The summed E-state index contributed by atoms with van der Waals surface area (Å²) in [7, 11) is 3.68. The van der Waals surface area contributed by atoms with Crippen molar-refractivity contribution >= 4 is 5.71 Å². The molecule has 0 fully saturated rings. The second-order valence-corrected chi connectivity index (χ2v) is 5.26. The Bertz CT molecular complexity index is 502. The molecular weight excluding hydrogens is 266 g/mol. The summed E-state index contributed by atoms with van der Waals surface area (Å²) in [5, 5.41) is 6.57. The maximum atomic E-state index is 5.70. The number of hydrogen-bond donors (Lipinski definition) is 1. The number of nitrogens with zero attached hydrogens (tertiary/aromatic N) is 2. The van der Waals surface area contributed by atoms with Gasteiger partial charge in [-0.25, -0.2) is 0 Å². The predicted octanol–water partition coefficient (Wildman–Crippen LogP) is 2.57. The summed E-state index contributed by atoms with van der Waals surface area (Å²) < 4.78 is 11.1. The fourth-order valence-electron chi connectivity index (χ4n) is 2.56. The summed E-state index contributed by atoms with van der Waals surface area (Å²) in [6, 6.07) is 6.38. The van der Waals surface area contributed by atoms with Crippen LogP contribution in [0.3, 0.4) is 0 Å². The van der Waals surface area contributed by atoms with Crippen molar-refractivity contribution in [1.82, 2.24) is 5.01 Å². The van der Waals surface area contributed by atoms with Crippen LogP contribution in [0.5, 0.6) is 11.5 Å². The van der Waals surface area contributed by atoms with Crippen LogP contribution in [-0.4, -0.2) is 38.0 Å². The van der Waals surface area contributed by atoms with Crippen molar-refractivity contribution in [1.29, 1.82) is 0 Å². The van der Waals surface area contributed by atoms with Gasteiger partial charge in [-0.15, -0.1) is 0 Å². The van der Waals surface area contributed by atoms with Crippen molar-refractivity contribution in [3.05, 3.63) is 23.8 Å². The van der Waals surface area contributed by atoms with Gasteiger partial charge >= 0.3 is 0 Å². The lowest BCUT2D eigenvalue weighted by molar-refractivity contribution is 0.282. The molecule has 0 radical (unpaired) electrons. The average molecular weight is 291 g/mol. The minimum absolute atomic E-state index is 0.251. The Morgan fingerprint density at radius 2 is 2.19 bits per heavy atom. The Morgan fingerprint density at radius 1 is 1.38 bits per heavy atom. The number of methoxy groups -OCH3 is 1. The molecule has 116 valence electrons. The first-order valence-corrected chi connectivity index (χ1v) is 7.49. The quantitative estimate of drug-likeness (QED) is 0.838. The zero-order chi connectivity index (χ0) is 15.2. The molecule has 5 nitrogen and oxygen atoms in total. The molecule has 1 aromatic rings. The van der Waals surface area contributed by atoms with E-state index in [9.17, 15) is 0 Å². The van der Waals surface area contributed by atoms with Gasteiger partial charge in [0.2, 0.25) is 0 Å². The van der Waals surface area contributed by atoms with Gasteiger partial charge in [0.25, 0.3) is 0 Å². The Kier molecular flexibility index (Phi) is 5.44. The third-order valence-corrected chi connectivity index (χ3v) is 3.65. The smallest absolute Gasteiger partial charge is 0.161 e. The van der Waals surface area contributed by atoms with Crippen LogP contribution in [0.25, 0.3) is 0 Å². The van der Waals surface area contributed by atoms with E-state index in [0.29, 0.717) is 13.2 Å². The van der Waals surface area contributed by atoms with Crippen LogP contribution in [0.15, 0.2) is 23.3 Å². The van der Waals surface area contributed by atoms with Gasteiger partial charge in [0, 0.05) is 19.2 Å². The number of rotatable bonds is 7. The number of hydrazone groups is 1. The zero-order valence-electron chi connectivity index (χ0n) is 13.1. The van der Waals surface area contributed by atoms with Gasteiger partial charge in [-0.05, 0) is 37.1 Å². The van der Waals surface area contributed by atoms with E-state index in [4.69, 9.17) is 15.2 Å². The summed E-state index contributed by atoms with van der Waals surface area (Å²) in [6.07, 6.45) is 2.76. The monoisotopic (exact) mass is 291 g/mol. The maximum Gasteiger partial charge on any atom is 0.161 e. The molecular formula is C16H25N3O2. The molecule has 2 rings (SSSR count). The molecule has 1 aromatic carbocycles. The first kappa shape index (κ1) is 15.6. The van der Waals surface area contributed by atoms with E-state index in [0.717, 1.165) is 36.5 Å². The van der Waals surface area contributed by atoms with Gasteiger partial charge in [-0.1, -0.05) is 13.0 Å². The van der Waals surface area contributed by atoms with Crippen LogP contribution in [0.2, 0.25) is 0 Å². The fraction of sp³-hybridized carbons (Fsp3) is 0.562. The van der Waals surface area contributed by atoms with Gasteiger partial charge in [-0.2, -0.15) is 5.10 Å². The normalized spacial score (nSPS) is 17.8. The minimum Gasteiger partial charge on any atom is -0.493 e. The number of hydrogen-bond acceptors (Lipinski definition) is 5. The van der Waals surface area contributed by atoms with E-state index in [-0.39, 0.29) is 6.04 Å². The highest BCUT2D eigenvalue weighted by Crippen LogP contribution is 2.35. The highest BCUT2D eigenvalue weighted by Gasteiger charge is 2.25. The van der Waals surface area contributed by atoms with Crippen LogP contribution in [0.1, 0.15) is 37.8 Å². The first-order chi connectivity index (χ1) is 10.2. The van der Waals surface area contributed by atoms with E-state index in [1.165, 1.54) is 5.56 Å². The second-order valence-electron chi connectivity index (χ2n) is 5.26. The topological polar surface area (TPSA) is 60.1 Å². The Hall–Kier alpha value is -1.75. The van der Waals surface area contributed by atoms with Gasteiger partial charge in [0.1, 0.15) is 0 Å². The molecule has 0 amide bonds. The molecule has 1 aliphatic rings. The van der Waals surface area contributed by atoms with E-state index >= 15 is 0 Å². The van der Waals surface area contributed by atoms with E-state index < -0.39 is 0 Å². The largest absolute Gasteiger partial charge is 0.493 e. The standard InChI is InChI=1S/C16H25N3O2/c1-4-9-21-15-6-5-12(10-16(15)20-3)14-11-13(7-8-17)18-19(14)2/h5-6,10,14H,4,7-9,11,17H2,1-3H3. The van der Waals surface area contributed by atoms with Gasteiger partial charge < -0.3 is 15.2 Å². The fourth-order valence-corrected chi connectivity index (χ4v) is 2.56. The Morgan fingerprint density at radius 3 is 2.86 bits per heavy atom. The van der Waals surface area contributed by atoms with Crippen molar-refractivity contribution in [2.24, 2.45) is 10.8 Å². The predicted molar refractivity (Wildman–Crippen MR) is 85.0 cm³/mol. The highest BCUT2D eigenvalue weighted by molar-refractivity contribution is 5.86. The third kappa shape index (κ3) is 3.67. The Balaban J connectivity index is 2.14. The molecule has 1 unspecified atom stereocenters. The molecule has 0 saturated carbocycles. The van der Waals surface area contributed by atoms with E-state index in [1.807, 2.05) is 24.2 Å². The summed E-state index contributed by atoms with van der Waals surface area (Å²) in [5.41, 5.74) is 7.97. The van der Waals surface area contributed by atoms with Crippen LogP contribution < -0.4 is 15.2 Å². The maximum absolute atomic E-state index is 5.70. The van der Waals surface area contributed by atoms with Crippen LogP contribution in [0, 0.1) is 0 Å². The summed E-state index contributed by atoms with van der Waals surface area (Å²) in [5.74, 6) is 1.58.